The second-order valence-electron chi connectivity index (χ2n) is 4.54. The SMILES string of the molecule is Cc1nn(CCCNC(=S)Nc2ccccc2F)cc1Cl. The van der Waals surface area contributed by atoms with Crippen molar-refractivity contribution in [2.75, 3.05) is 11.9 Å². The largest absolute Gasteiger partial charge is 0.362 e. The zero-order valence-electron chi connectivity index (χ0n) is 11.6. The van der Waals surface area contributed by atoms with Gasteiger partial charge in [0.15, 0.2) is 5.11 Å². The number of aromatic nitrogens is 2. The molecule has 0 spiro atoms. The Bertz CT molecular complexity index is 610. The molecule has 2 N–H and O–H groups in total. The van der Waals surface area contributed by atoms with Gasteiger partial charge in [0.25, 0.3) is 0 Å². The standard InChI is InChI=1S/C14H16ClFN4S/c1-10-11(15)9-20(19-10)8-4-7-17-14(21)18-13-6-3-2-5-12(13)16/h2-3,5-6,9H,4,7-8H2,1H3,(H2,17,18,21). The van der Waals surface area contributed by atoms with Crippen molar-refractivity contribution in [3.05, 3.63) is 47.0 Å². The van der Waals surface area contributed by atoms with Gasteiger partial charge in [-0.05, 0) is 37.7 Å². The van der Waals surface area contributed by atoms with E-state index in [-0.39, 0.29) is 5.82 Å². The lowest BCUT2D eigenvalue weighted by atomic mass is 10.3. The molecule has 0 aliphatic heterocycles. The van der Waals surface area contributed by atoms with Crippen LogP contribution in [0.4, 0.5) is 10.1 Å². The van der Waals surface area contributed by atoms with E-state index in [2.05, 4.69) is 15.7 Å². The molecule has 0 unspecified atom stereocenters. The third-order valence-corrected chi connectivity index (χ3v) is 3.48. The van der Waals surface area contributed by atoms with Crippen LogP contribution in [0.1, 0.15) is 12.1 Å². The molecular weight excluding hydrogens is 311 g/mol. The van der Waals surface area contributed by atoms with Crippen LogP contribution >= 0.6 is 23.8 Å². The highest BCUT2D eigenvalue weighted by molar-refractivity contribution is 7.80. The van der Waals surface area contributed by atoms with Crippen molar-refractivity contribution in [2.45, 2.75) is 19.9 Å². The van der Waals surface area contributed by atoms with Crippen LogP contribution in [-0.4, -0.2) is 21.4 Å². The first kappa shape index (κ1) is 15.7. The number of para-hydroxylation sites is 1. The number of halogens is 2. The van der Waals surface area contributed by atoms with Gasteiger partial charge >= 0.3 is 0 Å². The fraction of sp³-hybridized carbons (Fsp3) is 0.286. The zero-order chi connectivity index (χ0) is 15.2. The van der Waals surface area contributed by atoms with Crippen molar-refractivity contribution in [1.82, 2.24) is 15.1 Å². The smallest absolute Gasteiger partial charge is 0.170 e. The van der Waals surface area contributed by atoms with Crippen molar-refractivity contribution in [1.29, 1.82) is 0 Å². The Labute approximate surface area is 133 Å². The molecule has 0 aliphatic carbocycles. The van der Waals surface area contributed by atoms with E-state index in [9.17, 15) is 4.39 Å². The molecule has 0 bridgehead atoms. The van der Waals surface area contributed by atoms with Gasteiger partial charge in [0.2, 0.25) is 0 Å². The summed E-state index contributed by atoms with van der Waals surface area (Å²) < 4.78 is 15.2. The second kappa shape index (κ2) is 7.38. The third kappa shape index (κ3) is 4.68. The first-order chi connectivity index (χ1) is 10.1. The Morgan fingerprint density at radius 2 is 2.19 bits per heavy atom. The molecule has 7 heteroatoms. The molecule has 21 heavy (non-hydrogen) atoms. The minimum atomic E-state index is -0.330. The van der Waals surface area contributed by atoms with E-state index in [1.807, 2.05) is 6.92 Å². The van der Waals surface area contributed by atoms with E-state index in [0.717, 1.165) is 18.7 Å². The first-order valence-corrected chi connectivity index (χ1v) is 7.34. The molecule has 0 atom stereocenters. The van der Waals surface area contributed by atoms with Gasteiger partial charge in [0, 0.05) is 19.3 Å². The Morgan fingerprint density at radius 1 is 1.43 bits per heavy atom. The van der Waals surface area contributed by atoms with Gasteiger partial charge in [-0.3, -0.25) is 4.68 Å². The number of thiocarbonyl (C=S) groups is 1. The predicted molar refractivity (Wildman–Crippen MR) is 87.2 cm³/mol. The van der Waals surface area contributed by atoms with Crippen molar-refractivity contribution in [3.8, 4) is 0 Å². The van der Waals surface area contributed by atoms with Gasteiger partial charge in [-0.1, -0.05) is 23.7 Å². The Hall–Kier alpha value is -1.66. The van der Waals surface area contributed by atoms with Gasteiger partial charge in [-0.25, -0.2) is 4.39 Å². The zero-order valence-corrected chi connectivity index (χ0v) is 13.1. The summed E-state index contributed by atoms with van der Waals surface area (Å²) in [6.07, 6.45) is 2.63. The van der Waals surface area contributed by atoms with Gasteiger partial charge in [0.05, 0.1) is 16.4 Å². The number of nitrogens with one attached hydrogen (secondary N) is 2. The number of aryl methyl sites for hydroxylation is 2. The molecule has 112 valence electrons. The van der Waals surface area contributed by atoms with Gasteiger partial charge in [-0.2, -0.15) is 5.10 Å². The lowest BCUT2D eigenvalue weighted by Gasteiger charge is -2.11. The van der Waals surface area contributed by atoms with Crippen LogP contribution in [0.15, 0.2) is 30.5 Å². The summed E-state index contributed by atoms with van der Waals surface area (Å²) in [6.45, 7) is 3.27. The first-order valence-electron chi connectivity index (χ1n) is 6.55. The van der Waals surface area contributed by atoms with Crippen LogP contribution in [0, 0.1) is 12.7 Å². The topological polar surface area (TPSA) is 41.9 Å². The summed E-state index contributed by atoms with van der Waals surface area (Å²) in [5, 5.41) is 11.2. The molecule has 0 fully saturated rings. The molecule has 0 aliphatic rings. The van der Waals surface area contributed by atoms with Crippen molar-refractivity contribution in [2.24, 2.45) is 0 Å². The average Bonchev–Trinajstić information content (AvgIpc) is 2.76. The van der Waals surface area contributed by atoms with E-state index >= 15 is 0 Å². The van der Waals surface area contributed by atoms with Crippen LogP contribution in [0.25, 0.3) is 0 Å². The molecule has 2 aromatic rings. The molecule has 0 saturated heterocycles. The molecule has 0 saturated carbocycles. The fourth-order valence-corrected chi connectivity index (χ4v) is 2.14. The molecule has 1 aromatic heterocycles. The van der Waals surface area contributed by atoms with E-state index in [0.29, 0.717) is 22.4 Å². The average molecular weight is 327 g/mol. The van der Waals surface area contributed by atoms with E-state index in [1.165, 1.54) is 6.07 Å². The third-order valence-electron chi connectivity index (χ3n) is 2.86. The van der Waals surface area contributed by atoms with Crippen LogP contribution < -0.4 is 10.6 Å². The summed E-state index contributed by atoms with van der Waals surface area (Å²) in [5.74, 6) is -0.330. The highest BCUT2D eigenvalue weighted by Crippen LogP contribution is 2.12. The number of anilines is 1. The normalized spacial score (nSPS) is 10.4. The van der Waals surface area contributed by atoms with Crippen molar-refractivity contribution >= 4 is 34.6 Å². The van der Waals surface area contributed by atoms with Crippen molar-refractivity contribution < 1.29 is 4.39 Å². The minimum absolute atomic E-state index is 0.330. The van der Waals surface area contributed by atoms with Crippen molar-refractivity contribution in [3.63, 3.8) is 0 Å². The Kier molecular flexibility index (Phi) is 5.52. The van der Waals surface area contributed by atoms with E-state index in [4.69, 9.17) is 23.8 Å². The lowest BCUT2D eigenvalue weighted by Crippen LogP contribution is -2.30. The molecule has 2 rings (SSSR count). The van der Waals surface area contributed by atoms with Crippen LogP contribution in [0.3, 0.4) is 0 Å². The molecular formula is C14H16ClFN4S. The molecule has 4 nitrogen and oxygen atoms in total. The van der Waals surface area contributed by atoms with E-state index in [1.54, 1.807) is 29.1 Å². The van der Waals surface area contributed by atoms with Crippen LogP contribution in [0.2, 0.25) is 5.02 Å². The maximum absolute atomic E-state index is 13.4. The number of benzene rings is 1. The summed E-state index contributed by atoms with van der Waals surface area (Å²) in [6, 6.07) is 6.40. The summed E-state index contributed by atoms with van der Waals surface area (Å²) in [4.78, 5) is 0. The van der Waals surface area contributed by atoms with Crippen LogP contribution in [-0.2, 0) is 6.54 Å². The number of hydrogen-bond acceptors (Lipinski definition) is 2. The van der Waals surface area contributed by atoms with Crippen LogP contribution in [0.5, 0.6) is 0 Å². The number of hydrogen-bond donors (Lipinski definition) is 2. The number of nitrogens with zero attached hydrogens (tertiary/aromatic N) is 2. The summed E-state index contributed by atoms with van der Waals surface area (Å²) >= 11 is 11.1. The maximum atomic E-state index is 13.4. The summed E-state index contributed by atoms with van der Waals surface area (Å²) in [7, 11) is 0. The predicted octanol–water partition coefficient (Wildman–Crippen LogP) is 3.36. The maximum Gasteiger partial charge on any atom is 0.170 e. The quantitative estimate of drug-likeness (QED) is 0.653. The number of rotatable bonds is 5. The Balaban J connectivity index is 1.71. The molecule has 1 heterocycles. The molecule has 0 amide bonds. The van der Waals surface area contributed by atoms with E-state index < -0.39 is 0 Å². The van der Waals surface area contributed by atoms with Gasteiger partial charge < -0.3 is 10.6 Å². The Morgan fingerprint density at radius 3 is 2.86 bits per heavy atom. The highest BCUT2D eigenvalue weighted by atomic mass is 35.5. The lowest BCUT2D eigenvalue weighted by molar-refractivity contribution is 0.570. The van der Waals surface area contributed by atoms with Gasteiger partial charge in [-0.15, -0.1) is 0 Å². The highest BCUT2D eigenvalue weighted by Gasteiger charge is 2.03. The molecule has 0 radical (unpaired) electrons. The summed E-state index contributed by atoms with van der Waals surface area (Å²) in [5.41, 5.74) is 1.19. The minimum Gasteiger partial charge on any atom is -0.362 e. The fourth-order valence-electron chi connectivity index (χ4n) is 1.78. The second-order valence-corrected chi connectivity index (χ2v) is 5.36. The monoisotopic (exact) mass is 326 g/mol. The molecule has 1 aromatic carbocycles. The van der Waals surface area contributed by atoms with Gasteiger partial charge in [0.1, 0.15) is 5.82 Å².